The Balaban J connectivity index is 2.40. The van der Waals surface area contributed by atoms with Crippen LogP contribution in [0.4, 0.5) is 0 Å². The van der Waals surface area contributed by atoms with Crippen LogP contribution in [0.3, 0.4) is 0 Å². The summed E-state index contributed by atoms with van der Waals surface area (Å²) in [6.45, 7) is 4.12. The first-order valence-corrected chi connectivity index (χ1v) is 6.36. The van der Waals surface area contributed by atoms with E-state index in [0.717, 1.165) is 22.4 Å². The summed E-state index contributed by atoms with van der Waals surface area (Å²) in [5.41, 5.74) is 4.63. The van der Waals surface area contributed by atoms with Crippen LogP contribution in [0.15, 0.2) is 35.1 Å². The van der Waals surface area contributed by atoms with Crippen LogP contribution in [-0.4, -0.2) is 7.11 Å². The molecule has 2 rings (SSSR count). The lowest BCUT2D eigenvalue weighted by Crippen LogP contribution is -1.96. The lowest BCUT2D eigenvalue weighted by atomic mass is 10.0. The molecule has 0 radical (unpaired) electrons. The van der Waals surface area contributed by atoms with Crippen LogP contribution in [0.2, 0.25) is 0 Å². The van der Waals surface area contributed by atoms with E-state index in [-0.39, 0.29) is 4.83 Å². The third-order valence-electron chi connectivity index (χ3n) is 2.82. The Morgan fingerprint density at radius 2 is 1.82 bits per heavy atom. The van der Waals surface area contributed by atoms with Crippen molar-refractivity contribution in [2.24, 2.45) is 0 Å². The minimum atomic E-state index is 0.157. The van der Waals surface area contributed by atoms with Crippen molar-refractivity contribution in [3.8, 4) is 5.75 Å². The van der Waals surface area contributed by atoms with Gasteiger partial charge in [0.2, 0.25) is 0 Å². The second kappa shape index (κ2) is 4.96. The van der Waals surface area contributed by atoms with Crippen molar-refractivity contribution < 1.29 is 9.15 Å². The topological polar surface area (TPSA) is 22.4 Å². The summed E-state index contributed by atoms with van der Waals surface area (Å²) < 4.78 is 10.5. The Bertz CT molecular complexity index is 480. The van der Waals surface area contributed by atoms with Crippen molar-refractivity contribution in [2.45, 2.75) is 18.7 Å². The molecular weight excluding hydrogens is 280 g/mol. The molecule has 0 spiro atoms. The van der Waals surface area contributed by atoms with Gasteiger partial charge >= 0.3 is 0 Å². The highest BCUT2D eigenvalue weighted by Gasteiger charge is 2.14. The van der Waals surface area contributed by atoms with Crippen molar-refractivity contribution in [1.29, 1.82) is 0 Å². The first-order valence-electron chi connectivity index (χ1n) is 5.44. The molecule has 1 unspecified atom stereocenters. The zero-order chi connectivity index (χ0) is 12.4. The molecule has 0 saturated heterocycles. The number of benzene rings is 1. The molecule has 90 valence electrons. The van der Waals surface area contributed by atoms with Gasteiger partial charge in [-0.1, -0.05) is 28.1 Å². The summed E-state index contributed by atoms with van der Waals surface area (Å²) in [6, 6.07) is 6.24. The van der Waals surface area contributed by atoms with Crippen molar-refractivity contribution in [1.82, 2.24) is 0 Å². The molecule has 0 aliphatic carbocycles. The van der Waals surface area contributed by atoms with E-state index in [1.165, 1.54) is 5.56 Å². The summed E-state index contributed by atoms with van der Waals surface area (Å²) >= 11 is 3.69. The average Bonchev–Trinajstić information content (AvgIpc) is 2.81. The predicted octanol–water partition coefficient (Wildman–Crippen LogP) is 4.39. The number of halogens is 1. The van der Waals surface area contributed by atoms with Crippen LogP contribution < -0.4 is 4.74 Å². The molecule has 1 aromatic carbocycles. The molecular formula is C14H15BrO2. The Labute approximate surface area is 110 Å². The summed E-state index contributed by atoms with van der Waals surface area (Å²) in [5, 5.41) is 0. The largest absolute Gasteiger partial charge is 0.496 e. The second-order valence-electron chi connectivity index (χ2n) is 4.11. The van der Waals surface area contributed by atoms with Crippen molar-refractivity contribution in [3.05, 3.63) is 53.0 Å². The minimum Gasteiger partial charge on any atom is -0.496 e. The Morgan fingerprint density at radius 1 is 1.18 bits per heavy atom. The highest BCUT2D eigenvalue weighted by atomic mass is 79.9. The van der Waals surface area contributed by atoms with Gasteiger partial charge in [-0.3, -0.25) is 0 Å². The number of alkyl halides is 1. The monoisotopic (exact) mass is 294 g/mol. The third kappa shape index (κ3) is 2.39. The normalized spacial score (nSPS) is 12.5. The number of aryl methyl sites for hydroxylation is 2. The van der Waals surface area contributed by atoms with Gasteiger partial charge in [0, 0.05) is 5.56 Å². The maximum Gasteiger partial charge on any atom is 0.124 e. The zero-order valence-corrected chi connectivity index (χ0v) is 11.7. The minimum absolute atomic E-state index is 0.157. The standard InChI is InChI=1S/C14H15BrO2/c1-9-6-12(7-10(2)14(9)16-3)13(15)11-4-5-17-8-11/h4-8,13H,1-3H3. The van der Waals surface area contributed by atoms with E-state index in [1.54, 1.807) is 19.6 Å². The highest BCUT2D eigenvalue weighted by Crippen LogP contribution is 2.35. The number of methoxy groups -OCH3 is 1. The first kappa shape index (κ1) is 12.2. The quantitative estimate of drug-likeness (QED) is 0.784. The lowest BCUT2D eigenvalue weighted by molar-refractivity contribution is 0.408. The van der Waals surface area contributed by atoms with Gasteiger partial charge in [0.05, 0.1) is 24.5 Å². The number of rotatable bonds is 3. The van der Waals surface area contributed by atoms with Crippen molar-refractivity contribution in [2.75, 3.05) is 7.11 Å². The molecule has 0 bridgehead atoms. The van der Waals surface area contributed by atoms with E-state index in [0.29, 0.717) is 0 Å². The lowest BCUT2D eigenvalue weighted by Gasteiger charge is -2.14. The van der Waals surface area contributed by atoms with E-state index >= 15 is 0 Å². The van der Waals surface area contributed by atoms with Gasteiger partial charge in [-0.15, -0.1) is 0 Å². The van der Waals surface area contributed by atoms with Crippen LogP contribution in [-0.2, 0) is 0 Å². The number of hydrogen-bond donors (Lipinski definition) is 0. The third-order valence-corrected chi connectivity index (χ3v) is 3.87. The van der Waals surface area contributed by atoms with E-state index in [1.807, 2.05) is 6.07 Å². The van der Waals surface area contributed by atoms with Crippen LogP contribution in [0.1, 0.15) is 27.1 Å². The van der Waals surface area contributed by atoms with E-state index in [9.17, 15) is 0 Å². The molecule has 1 aromatic heterocycles. The van der Waals surface area contributed by atoms with E-state index in [4.69, 9.17) is 9.15 Å². The number of hydrogen-bond acceptors (Lipinski definition) is 2. The van der Waals surface area contributed by atoms with Crippen LogP contribution in [0.25, 0.3) is 0 Å². The van der Waals surface area contributed by atoms with Gasteiger partial charge in [0.15, 0.2) is 0 Å². The fourth-order valence-corrected chi connectivity index (χ4v) is 2.59. The maximum atomic E-state index is 5.37. The zero-order valence-electron chi connectivity index (χ0n) is 10.2. The van der Waals surface area contributed by atoms with Gasteiger partial charge in [-0.2, -0.15) is 0 Å². The number of ether oxygens (including phenoxy) is 1. The summed E-state index contributed by atoms with van der Waals surface area (Å²) in [5.74, 6) is 0.959. The molecule has 0 aliphatic rings. The molecule has 0 fully saturated rings. The van der Waals surface area contributed by atoms with Gasteiger partial charge in [-0.05, 0) is 36.6 Å². The molecule has 2 nitrogen and oxygen atoms in total. The predicted molar refractivity (Wildman–Crippen MR) is 71.9 cm³/mol. The molecule has 3 heteroatoms. The van der Waals surface area contributed by atoms with Gasteiger partial charge < -0.3 is 9.15 Å². The molecule has 1 atom stereocenters. The van der Waals surface area contributed by atoms with Crippen LogP contribution >= 0.6 is 15.9 Å². The molecule has 0 aliphatic heterocycles. The summed E-state index contributed by atoms with van der Waals surface area (Å²) in [7, 11) is 1.71. The van der Waals surface area contributed by atoms with E-state index < -0.39 is 0 Å². The average molecular weight is 295 g/mol. The van der Waals surface area contributed by atoms with Crippen molar-refractivity contribution in [3.63, 3.8) is 0 Å². The first-order chi connectivity index (χ1) is 8.13. The molecule has 0 N–H and O–H groups in total. The van der Waals surface area contributed by atoms with Crippen LogP contribution in [0.5, 0.6) is 5.75 Å². The second-order valence-corrected chi connectivity index (χ2v) is 5.02. The van der Waals surface area contributed by atoms with Gasteiger partial charge in [-0.25, -0.2) is 0 Å². The molecule has 1 heterocycles. The van der Waals surface area contributed by atoms with E-state index in [2.05, 4.69) is 41.9 Å². The maximum absolute atomic E-state index is 5.37. The molecule has 0 amide bonds. The SMILES string of the molecule is COc1c(C)cc(C(Br)c2ccoc2)cc1C. The Morgan fingerprint density at radius 3 is 2.29 bits per heavy atom. The van der Waals surface area contributed by atoms with Gasteiger partial charge in [0.25, 0.3) is 0 Å². The molecule has 17 heavy (non-hydrogen) atoms. The fraction of sp³-hybridized carbons (Fsp3) is 0.286. The molecule has 0 saturated carbocycles. The Hall–Kier alpha value is -1.22. The Kier molecular flexibility index (Phi) is 3.57. The van der Waals surface area contributed by atoms with Crippen molar-refractivity contribution >= 4 is 15.9 Å². The number of furan rings is 1. The smallest absolute Gasteiger partial charge is 0.124 e. The van der Waals surface area contributed by atoms with Crippen LogP contribution in [0, 0.1) is 13.8 Å². The van der Waals surface area contributed by atoms with Gasteiger partial charge in [0.1, 0.15) is 5.75 Å². The highest BCUT2D eigenvalue weighted by molar-refractivity contribution is 9.09. The summed E-state index contributed by atoms with van der Waals surface area (Å²) in [4.78, 5) is 0.157. The summed E-state index contributed by atoms with van der Waals surface area (Å²) in [6.07, 6.45) is 3.45. The fourth-order valence-electron chi connectivity index (χ4n) is 2.06. The molecule has 2 aromatic rings.